The van der Waals surface area contributed by atoms with Crippen molar-refractivity contribution in [2.24, 2.45) is 5.73 Å². The molecule has 1 aliphatic heterocycles. The maximum Gasteiger partial charge on any atom is 0.323 e. The summed E-state index contributed by atoms with van der Waals surface area (Å²) < 4.78 is 15.7. The van der Waals surface area contributed by atoms with E-state index in [9.17, 15) is 23.9 Å². The molecule has 2 aromatic carbocycles. The van der Waals surface area contributed by atoms with E-state index in [2.05, 4.69) is 5.32 Å². The number of Topliss-reactive ketones (excluding diaryl/α,β-unsaturated/α-hetero) is 1. The number of para-hydroxylation sites is 1. The number of carbonyl (C=O) groups excluding carboxylic acids is 3. The fraction of sp³-hybridized carbons (Fsp3) is 0.261. The van der Waals surface area contributed by atoms with Gasteiger partial charge in [-0.3, -0.25) is 9.36 Å². The van der Waals surface area contributed by atoms with Crippen molar-refractivity contribution in [2.75, 3.05) is 24.2 Å². The molecular weight excluding hydrogens is 483 g/mol. The van der Waals surface area contributed by atoms with Crippen LogP contribution in [0.3, 0.4) is 0 Å². The number of aliphatic hydroxyl groups is 1. The Bertz CT molecular complexity index is 1270. The summed E-state index contributed by atoms with van der Waals surface area (Å²) in [4.78, 5) is 39.3. The lowest BCUT2D eigenvalue weighted by Gasteiger charge is -2.24. The van der Waals surface area contributed by atoms with Crippen molar-refractivity contribution in [1.82, 2.24) is 9.47 Å². The van der Waals surface area contributed by atoms with Crippen LogP contribution in [0, 0.1) is 5.82 Å². The van der Waals surface area contributed by atoms with Crippen molar-refractivity contribution < 1.29 is 23.9 Å². The molecule has 3 aromatic rings. The van der Waals surface area contributed by atoms with Gasteiger partial charge in [0.2, 0.25) is 0 Å². The van der Waals surface area contributed by atoms with E-state index in [4.69, 9.17) is 17.3 Å². The molecule has 8 nitrogen and oxygen atoms in total. The predicted octanol–water partition coefficient (Wildman–Crippen LogP) is 4.00. The number of benzene rings is 2. The molecule has 0 unspecified atom stereocenters. The molecule has 1 saturated heterocycles. The summed E-state index contributed by atoms with van der Waals surface area (Å²) in [5.74, 6) is -1.22. The van der Waals surface area contributed by atoms with Crippen molar-refractivity contribution >= 4 is 57.8 Å². The third-order valence-electron chi connectivity index (χ3n) is 5.71. The third kappa shape index (κ3) is 4.61. The van der Waals surface area contributed by atoms with Gasteiger partial charge in [-0.25, -0.2) is 14.0 Å². The quantitative estimate of drug-likeness (QED) is 0.469. The number of fused-ring (bicyclic) bond motifs is 1. The molecule has 0 bridgehead atoms. The van der Waals surface area contributed by atoms with Gasteiger partial charge in [0, 0.05) is 36.2 Å². The fourth-order valence-electron chi connectivity index (χ4n) is 4.05. The first-order valence-corrected chi connectivity index (χ1v) is 11.9. The van der Waals surface area contributed by atoms with E-state index in [1.165, 1.54) is 39.6 Å². The van der Waals surface area contributed by atoms with Crippen LogP contribution < -0.4 is 11.1 Å². The van der Waals surface area contributed by atoms with Crippen LogP contribution >= 0.6 is 23.4 Å². The van der Waals surface area contributed by atoms with Crippen molar-refractivity contribution in [2.45, 2.75) is 17.7 Å². The second-order valence-corrected chi connectivity index (χ2v) is 9.40. The summed E-state index contributed by atoms with van der Waals surface area (Å²) in [5.41, 5.74) is 6.52. The fourth-order valence-corrected chi connectivity index (χ4v) is 5.42. The molecule has 0 radical (unpaired) electrons. The maximum absolute atomic E-state index is 14.4. The average molecular weight is 505 g/mol. The van der Waals surface area contributed by atoms with E-state index in [-0.39, 0.29) is 22.8 Å². The minimum Gasteiger partial charge on any atom is -0.396 e. The number of aliphatic hydroxyl groups excluding tert-OH is 1. The summed E-state index contributed by atoms with van der Waals surface area (Å²) in [7, 11) is 0. The standard InChI is InChI=1S/C23H22ClFN4O4S/c24-16-6-3-5-14(20(16)25)13(12-30)10-19(31)21-28(8-9-34-21)23(33)27-17-11-29(22(26)32)18-7-2-1-4-15(17)18/h1-7,11,13,21,30H,8-10,12H2,(H2,26,32)(H,27,33)/t13-,21+/m1/s1. The Balaban J connectivity index is 1.51. The molecule has 0 aliphatic carbocycles. The van der Waals surface area contributed by atoms with Crippen LogP contribution in [0.5, 0.6) is 0 Å². The zero-order valence-electron chi connectivity index (χ0n) is 17.9. The molecule has 1 aliphatic rings. The van der Waals surface area contributed by atoms with E-state index in [1.807, 2.05) is 0 Å². The number of anilines is 1. The number of urea groups is 1. The highest BCUT2D eigenvalue weighted by molar-refractivity contribution is 8.00. The number of ketones is 1. The Morgan fingerprint density at radius 3 is 2.74 bits per heavy atom. The minimum absolute atomic E-state index is 0.0882. The third-order valence-corrected chi connectivity index (χ3v) is 7.25. The van der Waals surface area contributed by atoms with Crippen LogP contribution in [0.1, 0.15) is 17.9 Å². The monoisotopic (exact) mass is 504 g/mol. The molecule has 2 atom stereocenters. The second kappa shape index (κ2) is 10.0. The molecule has 0 saturated carbocycles. The summed E-state index contributed by atoms with van der Waals surface area (Å²) in [6, 6.07) is 10.2. The highest BCUT2D eigenvalue weighted by Gasteiger charge is 2.36. The SMILES string of the molecule is NC(=O)n1cc(NC(=O)N2CCS[C@H]2C(=O)C[C@H](CO)c2cccc(Cl)c2F)c2ccccc21. The van der Waals surface area contributed by atoms with Crippen molar-refractivity contribution in [3.63, 3.8) is 0 Å². The van der Waals surface area contributed by atoms with Gasteiger partial charge in [0.05, 0.1) is 22.8 Å². The number of hydrogen-bond donors (Lipinski definition) is 3. The number of hydrogen-bond acceptors (Lipinski definition) is 5. The first kappa shape index (κ1) is 24.1. The van der Waals surface area contributed by atoms with Crippen LogP contribution in [-0.2, 0) is 4.79 Å². The molecular formula is C23H22ClFN4O4S. The van der Waals surface area contributed by atoms with E-state index in [1.54, 1.807) is 30.3 Å². The largest absolute Gasteiger partial charge is 0.396 e. The van der Waals surface area contributed by atoms with E-state index >= 15 is 0 Å². The number of nitrogens with zero attached hydrogens (tertiary/aromatic N) is 2. The Morgan fingerprint density at radius 2 is 2.00 bits per heavy atom. The minimum atomic E-state index is -0.791. The Hall–Kier alpha value is -3.08. The number of carbonyl (C=O) groups is 3. The van der Waals surface area contributed by atoms with Gasteiger partial charge in [0.15, 0.2) is 5.78 Å². The molecule has 1 fully saturated rings. The van der Waals surface area contributed by atoms with Crippen molar-refractivity contribution in [1.29, 1.82) is 0 Å². The average Bonchev–Trinajstić information content (AvgIpc) is 3.45. The van der Waals surface area contributed by atoms with Crippen LogP contribution in [-0.4, -0.2) is 56.7 Å². The molecule has 0 spiro atoms. The van der Waals surface area contributed by atoms with Crippen molar-refractivity contribution in [3.05, 3.63) is 65.1 Å². The van der Waals surface area contributed by atoms with Gasteiger partial charge in [-0.2, -0.15) is 0 Å². The Kier molecular flexibility index (Phi) is 7.11. The molecule has 3 amide bonds. The molecule has 34 heavy (non-hydrogen) atoms. The number of halogens is 2. The number of thioether (sulfide) groups is 1. The first-order chi connectivity index (χ1) is 16.3. The number of nitrogens with one attached hydrogen (secondary N) is 1. The van der Waals surface area contributed by atoms with Crippen LogP contribution in [0.15, 0.2) is 48.7 Å². The van der Waals surface area contributed by atoms with Gasteiger partial charge < -0.3 is 21.1 Å². The topological polar surface area (TPSA) is 118 Å². The molecule has 178 valence electrons. The lowest BCUT2D eigenvalue weighted by atomic mass is 9.93. The molecule has 2 heterocycles. The lowest BCUT2D eigenvalue weighted by Crippen LogP contribution is -2.42. The normalized spacial score (nSPS) is 16.6. The van der Waals surface area contributed by atoms with Gasteiger partial charge in [0.1, 0.15) is 11.2 Å². The van der Waals surface area contributed by atoms with Crippen LogP contribution in [0.25, 0.3) is 10.9 Å². The van der Waals surface area contributed by atoms with Gasteiger partial charge in [-0.1, -0.05) is 41.9 Å². The second-order valence-electron chi connectivity index (χ2n) is 7.81. The molecule has 11 heteroatoms. The smallest absolute Gasteiger partial charge is 0.323 e. The number of rotatable bonds is 6. The Morgan fingerprint density at radius 1 is 1.24 bits per heavy atom. The number of nitrogens with two attached hydrogens (primary N) is 1. The van der Waals surface area contributed by atoms with E-state index in [0.717, 1.165) is 0 Å². The molecule has 1 aromatic heterocycles. The highest BCUT2D eigenvalue weighted by Crippen LogP contribution is 2.32. The lowest BCUT2D eigenvalue weighted by molar-refractivity contribution is -0.121. The van der Waals surface area contributed by atoms with Gasteiger partial charge in [-0.15, -0.1) is 11.8 Å². The highest BCUT2D eigenvalue weighted by atomic mass is 35.5. The van der Waals surface area contributed by atoms with Gasteiger partial charge >= 0.3 is 12.1 Å². The zero-order valence-corrected chi connectivity index (χ0v) is 19.5. The molecule has 4 N–H and O–H groups in total. The van der Waals surface area contributed by atoms with Gasteiger partial charge in [-0.05, 0) is 17.7 Å². The first-order valence-electron chi connectivity index (χ1n) is 10.5. The van der Waals surface area contributed by atoms with Gasteiger partial charge in [0.25, 0.3) is 0 Å². The van der Waals surface area contributed by atoms with Crippen LogP contribution in [0.4, 0.5) is 19.7 Å². The summed E-state index contributed by atoms with van der Waals surface area (Å²) in [5, 5.41) is 12.3. The number of aromatic nitrogens is 1. The number of primary amides is 1. The van der Waals surface area contributed by atoms with E-state index in [0.29, 0.717) is 28.9 Å². The summed E-state index contributed by atoms with van der Waals surface area (Å²) >= 11 is 7.15. The summed E-state index contributed by atoms with van der Waals surface area (Å²) in [6.45, 7) is -0.115. The van der Waals surface area contributed by atoms with Crippen LogP contribution in [0.2, 0.25) is 5.02 Å². The van der Waals surface area contributed by atoms with Crippen molar-refractivity contribution in [3.8, 4) is 0 Å². The van der Waals surface area contributed by atoms with E-state index < -0.39 is 35.8 Å². The number of amides is 3. The maximum atomic E-state index is 14.4. The Labute approximate surface area is 203 Å². The zero-order chi connectivity index (χ0) is 24.4. The molecule has 4 rings (SSSR count). The predicted molar refractivity (Wildman–Crippen MR) is 130 cm³/mol. The summed E-state index contributed by atoms with van der Waals surface area (Å²) in [6.07, 6.45) is 1.28.